The maximum atomic E-state index is 12.2. The molecular formula is C18H16ClN5O4S. The summed E-state index contributed by atoms with van der Waals surface area (Å²) in [5.74, 6) is 0.887. The first-order chi connectivity index (χ1) is 13.9. The number of ether oxygens (including phenoxy) is 1. The number of halogens is 1. The van der Waals surface area contributed by atoms with Gasteiger partial charge in [-0.05, 0) is 24.3 Å². The number of non-ortho nitro benzene ring substituents is 1. The van der Waals surface area contributed by atoms with Gasteiger partial charge in [0.1, 0.15) is 5.75 Å². The van der Waals surface area contributed by atoms with Crippen molar-refractivity contribution >= 4 is 40.6 Å². The van der Waals surface area contributed by atoms with E-state index in [9.17, 15) is 14.9 Å². The Morgan fingerprint density at radius 1 is 1.31 bits per heavy atom. The number of carbonyl (C=O) groups is 1. The largest absolute Gasteiger partial charge is 0.496 e. The van der Waals surface area contributed by atoms with Crippen molar-refractivity contribution in [3.8, 4) is 17.1 Å². The molecule has 150 valence electrons. The smallest absolute Gasteiger partial charge is 0.271 e. The van der Waals surface area contributed by atoms with Crippen LogP contribution in [0, 0.1) is 10.1 Å². The van der Waals surface area contributed by atoms with Gasteiger partial charge in [-0.2, -0.15) is 0 Å². The summed E-state index contributed by atoms with van der Waals surface area (Å²) in [6.07, 6.45) is 0. The highest BCUT2D eigenvalue weighted by atomic mass is 35.5. The van der Waals surface area contributed by atoms with Crippen LogP contribution in [0.15, 0.2) is 47.6 Å². The van der Waals surface area contributed by atoms with E-state index < -0.39 is 4.92 Å². The standard InChI is InChI=1S/C18H16ClN5O4S/c1-23-17(14-8-11(19)6-7-15(14)28-2)21-22-18(23)29-10-16(25)20-12-4-3-5-13(9-12)24(26)27/h3-9H,10H2,1-2H3,(H,20,25). The van der Waals surface area contributed by atoms with Gasteiger partial charge in [0.2, 0.25) is 5.91 Å². The van der Waals surface area contributed by atoms with Crippen molar-refractivity contribution < 1.29 is 14.5 Å². The van der Waals surface area contributed by atoms with E-state index in [2.05, 4.69) is 15.5 Å². The number of hydrogen-bond donors (Lipinski definition) is 1. The summed E-state index contributed by atoms with van der Waals surface area (Å²) in [6.45, 7) is 0. The second-order valence-electron chi connectivity index (χ2n) is 5.85. The molecule has 0 atom stereocenters. The van der Waals surface area contributed by atoms with E-state index in [0.717, 1.165) is 0 Å². The third-order valence-electron chi connectivity index (χ3n) is 3.91. The second-order valence-corrected chi connectivity index (χ2v) is 7.23. The van der Waals surface area contributed by atoms with Crippen LogP contribution in [0.1, 0.15) is 0 Å². The van der Waals surface area contributed by atoms with E-state index in [0.29, 0.717) is 33.0 Å². The Balaban J connectivity index is 1.69. The molecule has 0 saturated carbocycles. The molecule has 2 aromatic carbocycles. The van der Waals surface area contributed by atoms with Gasteiger partial charge in [-0.1, -0.05) is 29.4 Å². The zero-order valence-electron chi connectivity index (χ0n) is 15.5. The molecule has 0 saturated heterocycles. The van der Waals surface area contributed by atoms with Crippen LogP contribution < -0.4 is 10.1 Å². The number of methoxy groups -OCH3 is 1. The van der Waals surface area contributed by atoms with Crippen molar-refractivity contribution in [1.29, 1.82) is 0 Å². The Morgan fingerprint density at radius 3 is 2.83 bits per heavy atom. The van der Waals surface area contributed by atoms with Gasteiger partial charge in [0.25, 0.3) is 5.69 Å². The molecule has 0 spiro atoms. The lowest BCUT2D eigenvalue weighted by molar-refractivity contribution is -0.384. The molecular weight excluding hydrogens is 418 g/mol. The molecule has 0 radical (unpaired) electrons. The van der Waals surface area contributed by atoms with Crippen molar-refractivity contribution in [3.63, 3.8) is 0 Å². The second kappa shape index (κ2) is 8.93. The highest BCUT2D eigenvalue weighted by molar-refractivity contribution is 7.99. The lowest BCUT2D eigenvalue weighted by Crippen LogP contribution is -2.14. The SMILES string of the molecule is COc1ccc(Cl)cc1-c1nnc(SCC(=O)Nc2cccc([N+](=O)[O-])c2)n1C. The molecule has 0 aliphatic rings. The molecule has 9 nitrogen and oxygen atoms in total. The van der Waals surface area contributed by atoms with Crippen LogP contribution in [0.25, 0.3) is 11.4 Å². The molecule has 11 heteroatoms. The lowest BCUT2D eigenvalue weighted by atomic mass is 10.2. The van der Waals surface area contributed by atoms with E-state index in [1.165, 1.54) is 30.0 Å². The average molecular weight is 434 g/mol. The maximum Gasteiger partial charge on any atom is 0.271 e. The van der Waals surface area contributed by atoms with E-state index in [1.807, 2.05) is 0 Å². The molecule has 1 amide bonds. The van der Waals surface area contributed by atoms with Crippen LogP contribution in [-0.4, -0.2) is 38.5 Å². The molecule has 0 unspecified atom stereocenters. The molecule has 29 heavy (non-hydrogen) atoms. The van der Waals surface area contributed by atoms with Gasteiger partial charge < -0.3 is 14.6 Å². The summed E-state index contributed by atoms with van der Waals surface area (Å²) in [4.78, 5) is 22.5. The van der Waals surface area contributed by atoms with E-state index >= 15 is 0 Å². The van der Waals surface area contributed by atoms with Crippen molar-refractivity contribution in [2.24, 2.45) is 7.05 Å². The molecule has 1 aromatic heterocycles. The summed E-state index contributed by atoms with van der Waals surface area (Å²) in [5, 5.41) is 22.8. The number of rotatable bonds is 7. The van der Waals surface area contributed by atoms with Gasteiger partial charge in [0.15, 0.2) is 11.0 Å². The number of nitro benzene ring substituents is 1. The van der Waals surface area contributed by atoms with Gasteiger partial charge in [-0.25, -0.2) is 0 Å². The summed E-state index contributed by atoms with van der Waals surface area (Å²) >= 11 is 7.27. The van der Waals surface area contributed by atoms with Crippen molar-refractivity contribution in [2.45, 2.75) is 5.16 Å². The molecule has 0 bridgehead atoms. The third kappa shape index (κ3) is 4.84. The fourth-order valence-electron chi connectivity index (χ4n) is 2.55. The third-order valence-corrected chi connectivity index (χ3v) is 5.17. The van der Waals surface area contributed by atoms with Crippen molar-refractivity contribution in [1.82, 2.24) is 14.8 Å². The molecule has 1 heterocycles. The topological polar surface area (TPSA) is 112 Å². The van der Waals surface area contributed by atoms with E-state index in [-0.39, 0.29) is 17.3 Å². The maximum absolute atomic E-state index is 12.2. The van der Waals surface area contributed by atoms with E-state index in [4.69, 9.17) is 16.3 Å². The van der Waals surface area contributed by atoms with Crippen LogP contribution in [0.3, 0.4) is 0 Å². The molecule has 3 rings (SSSR count). The Morgan fingerprint density at radius 2 is 2.10 bits per heavy atom. The summed E-state index contributed by atoms with van der Waals surface area (Å²) in [5.41, 5.74) is 0.943. The Kier molecular flexibility index (Phi) is 6.35. The zero-order valence-corrected chi connectivity index (χ0v) is 17.0. The predicted octanol–water partition coefficient (Wildman–Crippen LogP) is 3.78. The first-order valence-corrected chi connectivity index (χ1v) is 9.66. The predicted molar refractivity (Wildman–Crippen MR) is 110 cm³/mol. The minimum absolute atomic E-state index is 0.0569. The quantitative estimate of drug-likeness (QED) is 0.342. The highest BCUT2D eigenvalue weighted by Gasteiger charge is 2.17. The minimum atomic E-state index is -0.518. The fourth-order valence-corrected chi connectivity index (χ4v) is 3.44. The number of amides is 1. The van der Waals surface area contributed by atoms with Gasteiger partial charge >= 0.3 is 0 Å². The fraction of sp³-hybridized carbons (Fsp3) is 0.167. The summed E-state index contributed by atoms with van der Waals surface area (Å²) in [7, 11) is 3.33. The first kappa shape index (κ1) is 20.6. The van der Waals surface area contributed by atoms with Crippen LogP contribution in [-0.2, 0) is 11.8 Å². The van der Waals surface area contributed by atoms with Gasteiger partial charge in [-0.15, -0.1) is 10.2 Å². The monoisotopic (exact) mass is 433 g/mol. The molecule has 0 aliphatic heterocycles. The van der Waals surface area contributed by atoms with Crippen LogP contribution in [0.2, 0.25) is 5.02 Å². The molecule has 0 fully saturated rings. The lowest BCUT2D eigenvalue weighted by Gasteiger charge is -2.09. The van der Waals surface area contributed by atoms with E-state index in [1.54, 1.807) is 43.0 Å². The number of anilines is 1. The average Bonchev–Trinajstić information content (AvgIpc) is 3.06. The minimum Gasteiger partial charge on any atom is -0.496 e. The van der Waals surface area contributed by atoms with Crippen LogP contribution >= 0.6 is 23.4 Å². The highest BCUT2D eigenvalue weighted by Crippen LogP contribution is 2.32. The number of carbonyl (C=O) groups excluding carboxylic acids is 1. The van der Waals surface area contributed by atoms with Crippen LogP contribution in [0.5, 0.6) is 5.75 Å². The Hall–Kier alpha value is -3.11. The van der Waals surface area contributed by atoms with Crippen LogP contribution in [0.4, 0.5) is 11.4 Å². The van der Waals surface area contributed by atoms with Crippen molar-refractivity contribution in [3.05, 3.63) is 57.6 Å². The number of nitrogens with one attached hydrogen (secondary N) is 1. The normalized spacial score (nSPS) is 10.6. The number of hydrogen-bond acceptors (Lipinski definition) is 7. The van der Waals surface area contributed by atoms with Gasteiger partial charge in [0.05, 0.1) is 23.3 Å². The molecule has 3 aromatic rings. The Labute approximate surface area is 175 Å². The van der Waals surface area contributed by atoms with Crippen molar-refractivity contribution in [2.75, 3.05) is 18.2 Å². The number of benzene rings is 2. The number of thioether (sulfide) groups is 1. The molecule has 0 aliphatic carbocycles. The summed E-state index contributed by atoms with van der Waals surface area (Å²) in [6, 6.07) is 10.9. The first-order valence-electron chi connectivity index (χ1n) is 8.29. The zero-order chi connectivity index (χ0) is 21.0. The number of aromatic nitrogens is 3. The van der Waals surface area contributed by atoms with Gasteiger partial charge in [0, 0.05) is 29.9 Å². The molecule has 1 N–H and O–H groups in total. The number of nitro groups is 1. The Bertz CT molecular complexity index is 1070. The number of nitrogens with zero attached hydrogens (tertiary/aromatic N) is 4. The van der Waals surface area contributed by atoms with Gasteiger partial charge in [-0.3, -0.25) is 14.9 Å². The summed E-state index contributed by atoms with van der Waals surface area (Å²) < 4.78 is 7.09.